The molecule has 110 valence electrons. The fourth-order valence-corrected chi connectivity index (χ4v) is 2.48. The number of benzene rings is 1. The molecular weight excluding hydrogens is 254 g/mol. The first-order valence-corrected chi connectivity index (χ1v) is 7.24. The second-order valence-corrected chi connectivity index (χ2v) is 5.36. The molecule has 4 nitrogen and oxygen atoms in total. The summed E-state index contributed by atoms with van der Waals surface area (Å²) in [5.41, 5.74) is 0. The highest BCUT2D eigenvalue weighted by Gasteiger charge is 2.19. The van der Waals surface area contributed by atoms with Crippen LogP contribution in [0.15, 0.2) is 24.3 Å². The summed E-state index contributed by atoms with van der Waals surface area (Å²) in [6.45, 7) is 4.02. The van der Waals surface area contributed by atoms with E-state index in [9.17, 15) is 4.79 Å². The Morgan fingerprint density at radius 2 is 2.00 bits per heavy atom. The minimum absolute atomic E-state index is 0.0602. The molecule has 2 rings (SSSR count). The number of ether oxygens (including phenoxy) is 2. The lowest BCUT2D eigenvalue weighted by molar-refractivity contribution is -0.133. The molecule has 1 atom stereocenters. The van der Waals surface area contributed by atoms with Crippen LogP contribution < -0.4 is 9.47 Å². The monoisotopic (exact) mass is 277 g/mol. The highest BCUT2D eigenvalue weighted by atomic mass is 16.5. The Morgan fingerprint density at radius 3 is 2.75 bits per heavy atom. The van der Waals surface area contributed by atoms with Crippen LogP contribution in [0.3, 0.4) is 0 Å². The van der Waals surface area contributed by atoms with E-state index in [4.69, 9.17) is 9.47 Å². The van der Waals surface area contributed by atoms with Gasteiger partial charge >= 0.3 is 0 Å². The van der Waals surface area contributed by atoms with Gasteiger partial charge in [-0.05, 0) is 37.3 Å². The number of methoxy groups -OCH3 is 1. The van der Waals surface area contributed by atoms with Crippen LogP contribution in [0.25, 0.3) is 0 Å². The number of para-hydroxylation sites is 2. The van der Waals surface area contributed by atoms with E-state index in [1.54, 1.807) is 7.11 Å². The number of rotatable bonds is 4. The van der Waals surface area contributed by atoms with Gasteiger partial charge in [0, 0.05) is 13.1 Å². The van der Waals surface area contributed by atoms with Crippen molar-refractivity contribution in [1.29, 1.82) is 0 Å². The Bertz CT molecular complexity index is 447. The predicted octanol–water partition coefficient (Wildman–Crippen LogP) is 2.72. The van der Waals surface area contributed by atoms with Crippen molar-refractivity contribution in [2.75, 3.05) is 26.8 Å². The quantitative estimate of drug-likeness (QED) is 0.849. The average Bonchev–Trinajstić information content (AvgIpc) is 2.70. The first kappa shape index (κ1) is 14.7. The Kier molecular flexibility index (Phi) is 5.27. The van der Waals surface area contributed by atoms with Gasteiger partial charge in [-0.1, -0.05) is 19.1 Å². The number of carbonyl (C=O) groups excluding carboxylic acids is 1. The molecule has 1 amide bonds. The Balaban J connectivity index is 1.88. The van der Waals surface area contributed by atoms with Crippen molar-refractivity contribution < 1.29 is 14.3 Å². The summed E-state index contributed by atoms with van der Waals surface area (Å²) in [6, 6.07) is 7.39. The Morgan fingerprint density at radius 1 is 1.25 bits per heavy atom. The molecule has 1 aliphatic heterocycles. The van der Waals surface area contributed by atoms with E-state index < -0.39 is 0 Å². The molecule has 0 saturated carbocycles. The molecule has 1 aromatic carbocycles. The first-order chi connectivity index (χ1) is 9.70. The number of likely N-dealkylation sites (tertiary alicyclic amines) is 1. The Labute approximate surface area is 120 Å². The minimum Gasteiger partial charge on any atom is -0.493 e. The van der Waals surface area contributed by atoms with Crippen LogP contribution in [0.4, 0.5) is 0 Å². The van der Waals surface area contributed by atoms with E-state index >= 15 is 0 Å². The zero-order chi connectivity index (χ0) is 14.4. The highest BCUT2D eigenvalue weighted by Crippen LogP contribution is 2.25. The standard InChI is InChI=1S/C16H23NO3/c1-13-6-5-10-17(11-9-13)16(18)12-20-15-8-4-3-7-14(15)19-2/h3-4,7-8,13H,5-6,9-12H2,1-2H3. The van der Waals surface area contributed by atoms with Crippen LogP contribution in [-0.2, 0) is 4.79 Å². The molecule has 0 spiro atoms. The van der Waals surface area contributed by atoms with Crippen LogP contribution in [0, 0.1) is 5.92 Å². The number of hydrogen-bond acceptors (Lipinski definition) is 3. The number of nitrogens with zero attached hydrogens (tertiary/aromatic N) is 1. The SMILES string of the molecule is COc1ccccc1OCC(=O)N1CCCC(C)CC1. The summed E-state index contributed by atoms with van der Waals surface area (Å²) in [5.74, 6) is 2.05. The van der Waals surface area contributed by atoms with E-state index in [0.717, 1.165) is 25.9 Å². The van der Waals surface area contributed by atoms with Gasteiger partial charge in [0.2, 0.25) is 0 Å². The van der Waals surface area contributed by atoms with Gasteiger partial charge in [-0.15, -0.1) is 0 Å². The van der Waals surface area contributed by atoms with Gasteiger partial charge in [-0.25, -0.2) is 0 Å². The van der Waals surface area contributed by atoms with E-state index in [0.29, 0.717) is 17.4 Å². The maximum atomic E-state index is 12.2. The number of carbonyl (C=O) groups is 1. The van der Waals surface area contributed by atoms with Crippen LogP contribution in [0.1, 0.15) is 26.2 Å². The number of amides is 1. The molecular formula is C16H23NO3. The Hall–Kier alpha value is -1.71. The topological polar surface area (TPSA) is 38.8 Å². The van der Waals surface area contributed by atoms with Gasteiger partial charge in [0.25, 0.3) is 5.91 Å². The minimum atomic E-state index is 0.0602. The van der Waals surface area contributed by atoms with E-state index in [2.05, 4.69) is 6.92 Å². The molecule has 4 heteroatoms. The average molecular weight is 277 g/mol. The molecule has 1 heterocycles. The van der Waals surface area contributed by atoms with Crippen LogP contribution >= 0.6 is 0 Å². The zero-order valence-electron chi connectivity index (χ0n) is 12.3. The fourth-order valence-electron chi connectivity index (χ4n) is 2.48. The van der Waals surface area contributed by atoms with E-state index in [1.807, 2.05) is 29.2 Å². The normalized spacial score (nSPS) is 19.3. The maximum absolute atomic E-state index is 12.2. The van der Waals surface area contributed by atoms with Crippen molar-refractivity contribution >= 4 is 5.91 Å². The smallest absolute Gasteiger partial charge is 0.260 e. The molecule has 0 aliphatic carbocycles. The zero-order valence-corrected chi connectivity index (χ0v) is 12.3. The third-order valence-electron chi connectivity index (χ3n) is 3.79. The van der Waals surface area contributed by atoms with Crippen LogP contribution in [0.5, 0.6) is 11.5 Å². The van der Waals surface area contributed by atoms with Gasteiger partial charge < -0.3 is 14.4 Å². The molecule has 1 aromatic rings. The van der Waals surface area contributed by atoms with Gasteiger partial charge in [0.05, 0.1) is 7.11 Å². The lowest BCUT2D eigenvalue weighted by atomic mass is 10.0. The summed E-state index contributed by atoms with van der Waals surface area (Å²) in [6.07, 6.45) is 3.37. The van der Waals surface area contributed by atoms with E-state index in [-0.39, 0.29) is 12.5 Å². The molecule has 1 saturated heterocycles. The number of hydrogen-bond donors (Lipinski definition) is 0. The second kappa shape index (κ2) is 7.17. The van der Waals surface area contributed by atoms with Crippen molar-refractivity contribution in [2.45, 2.75) is 26.2 Å². The largest absolute Gasteiger partial charge is 0.493 e. The van der Waals surface area contributed by atoms with Crippen LogP contribution in [-0.4, -0.2) is 37.6 Å². The van der Waals surface area contributed by atoms with Gasteiger partial charge in [0.15, 0.2) is 18.1 Å². The summed E-state index contributed by atoms with van der Waals surface area (Å²) in [7, 11) is 1.60. The van der Waals surface area contributed by atoms with E-state index in [1.165, 1.54) is 6.42 Å². The summed E-state index contributed by atoms with van der Waals surface area (Å²) < 4.78 is 10.8. The lowest BCUT2D eigenvalue weighted by Gasteiger charge is -2.20. The van der Waals surface area contributed by atoms with Crippen molar-refractivity contribution in [3.63, 3.8) is 0 Å². The third kappa shape index (κ3) is 3.89. The molecule has 1 fully saturated rings. The molecule has 0 bridgehead atoms. The molecule has 20 heavy (non-hydrogen) atoms. The van der Waals surface area contributed by atoms with Crippen molar-refractivity contribution in [3.05, 3.63) is 24.3 Å². The lowest BCUT2D eigenvalue weighted by Crippen LogP contribution is -2.35. The first-order valence-electron chi connectivity index (χ1n) is 7.24. The van der Waals surface area contributed by atoms with Gasteiger partial charge in [-0.2, -0.15) is 0 Å². The second-order valence-electron chi connectivity index (χ2n) is 5.36. The van der Waals surface area contributed by atoms with Crippen molar-refractivity contribution in [2.24, 2.45) is 5.92 Å². The van der Waals surface area contributed by atoms with Crippen molar-refractivity contribution in [1.82, 2.24) is 4.90 Å². The van der Waals surface area contributed by atoms with Crippen molar-refractivity contribution in [3.8, 4) is 11.5 Å². The molecule has 1 aliphatic rings. The maximum Gasteiger partial charge on any atom is 0.260 e. The predicted molar refractivity (Wildman–Crippen MR) is 78.1 cm³/mol. The highest BCUT2D eigenvalue weighted by molar-refractivity contribution is 5.77. The summed E-state index contributed by atoms with van der Waals surface area (Å²) in [5, 5.41) is 0. The molecule has 0 aromatic heterocycles. The fraction of sp³-hybridized carbons (Fsp3) is 0.562. The third-order valence-corrected chi connectivity index (χ3v) is 3.79. The van der Waals surface area contributed by atoms with Crippen LogP contribution in [0.2, 0.25) is 0 Å². The van der Waals surface area contributed by atoms with Gasteiger partial charge in [0.1, 0.15) is 0 Å². The molecule has 0 radical (unpaired) electrons. The summed E-state index contributed by atoms with van der Waals surface area (Å²) >= 11 is 0. The van der Waals surface area contributed by atoms with Gasteiger partial charge in [-0.3, -0.25) is 4.79 Å². The molecule has 0 N–H and O–H groups in total. The molecule has 1 unspecified atom stereocenters. The summed E-state index contributed by atoms with van der Waals surface area (Å²) in [4.78, 5) is 14.1.